The van der Waals surface area contributed by atoms with E-state index in [0.29, 0.717) is 31.1 Å². The van der Waals surface area contributed by atoms with Gasteiger partial charge in [-0.05, 0) is 55.9 Å². The molecule has 148 valence electrons. The van der Waals surface area contributed by atoms with Crippen LogP contribution in [0.2, 0.25) is 0 Å². The summed E-state index contributed by atoms with van der Waals surface area (Å²) in [5, 5.41) is 11.0. The summed E-state index contributed by atoms with van der Waals surface area (Å²) in [5.74, 6) is 0.290. The maximum atomic E-state index is 13.2. The number of hydrogen-bond acceptors (Lipinski definition) is 4. The van der Waals surface area contributed by atoms with Gasteiger partial charge in [-0.25, -0.2) is 4.98 Å². The SMILES string of the molecule is CCCOc1nc(C)ccc1C(=O)N1CCC2(Cc3ccccc3C2)C(O)C1. The van der Waals surface area contributed by atoms with Crippen molar-refractivity contribution < 1.29 is 14.6 Å². The van der Waals surface area contributed by atoms with Crippen molar-refractivity contribution in [3.63, 3.8) is 0 Å². The van der Waals surface area contributed by atoms with Crippen molar-refractivity contribution in [1.29, 1.82) is 0 Å². The summed E-state index contributed by atoms with van der Waals surface area (Å²) in [5.41, 5.74) is 3.83. The topological polar surface area (TPSA) is 62.7 Å². The average molecular weight is 380 g/mol. The third-order valence-corrected chi connectivity index (χ3v) is 6.14. The lowest BCUT2D eigenvalue weighted by Crippen LogP contribution is -2.53. The Balaban J connectivity index is 1.50. The fourth-order valence-corrected chi connectivity index (χ4v) is 4.51. The maximum Gasteiger partial charge on any atom is 0.259 e. The van der Waals surface area contributed by atoms with Crippen molar-refractivity contribution in [1.82, 2.24) is 9.88 Å². The molecule has 0 radical (unpaired) electrons. The number of hydrogen-bond donors (Lipinski definition) is 1. The van der Waals surface area contributed by atoms with E-state index in [1.807, 2.05) is 19.9 Å². The van der Waals surface area contributed by atoms with Crippen LogP contribution in [0.1, 0.15) is 46.9 Å². The maximum absolute atomic E-state index is 13.2. The van der Waals surface area contributed by atoms with Crippen molar-refractivity contribution in [2.45, 2.75) is 45.6 Å². The predicted molar refractivity (Wildman–Crippen MR) is 108 cm³/mol. The number of β-amino-alcohol motifs (C(OH)–C–C–N with tert-alkyl or cyclic N) is 1. The van der Waals surface area contributed by atoms with Crippen molar-refractivity contribution in [2.75, 3.05) is 19.7 Å². The van der Waals surface area contributed by atoms with Crippen molar-refractivity contribution >= 4 is 5.91 Å². The van der Waals surface area contributed by atoms with Crippen LogP contribution < -0.4 is 4.74 Å². The summed E-state index contributed by atoms with van der Waals surface area (Å²) in [4.78, 5) is 19.3. The molecule has 2 aromatic rings. The Bertz CT molecular complexity index is 855. The molecule has 28 heavy (non-hydrogen) atoms. The number of nitrogens with zero attached hydrogens (tertiary/aromatic N) is 2. The molecule has 1 aliphatic carbocycles. The van der Waals surface area contributed by atoms with Gasteiger partial charge in [0.2, 0.25) is 5.88 Å². The molecule has 5 heteroatoms. The first-order chi connectivity index (χ1) is 13.5. The molecule has 1 aliphatic heterocycles. The second-order valence-corrected chi connectivity index (χ2v) is 8.16. The molecular formula is C23H28N2O3. The molecule has 1 spiro atoms. The van der Waals surface area contributed by atoms with Gasteiger partial charge in [-0.2, -0.15) is 0 Å². The van der Waals surface area contributed by atoms with E-state index in [2.05, 4.69) is 29.2 Å². The number of amides is 1. The molecule has 1 unspecified atom stereocenters. The number of aliphatic hydroxyl groups excluding tert-OH is 1. The van der Waals surface area contributed by atoms with Gasteiger partial charge in [0.15, 0.2) is 0 Å². The largest absolute Gasteiger partial charge is 0.477 e. The van der Waals surface area contributed by atoms with Crippen LogP contribution in [0, 0.1) is 12.3 Å². The second kappa shape index (κ2) is 7.55. The molecule has 1 fully saturated rings. The summed E-state index contributed by atoms with van der Waals surface area (Å²) >= 11 is 0. The third kappa shape index (κ3) is 3.39. The number of piperidine rings is 1. The van der Waals surface area contributed by atoms with E-state index in [1.165, 1.54) is 11.1 Å². The monoisotopic (exact) mass is 380 g/mol. The minimum absolute atomic E-state index is 0.108. The Labute approximate surface area is 166 Å². The molecule has 0 saturated carbocycles. The standard InChI is InChI=1S/C23H28N2O3/c1-3-12-28-21-19(9-8-16(2)24-21)22(27)25-11-10-23(20(26)15-25)13-17-6-4-5-7-18(17)14-23/h4-9,20,26H,3,10-15H2,1-2H3. The number of aliphatic hydroxyl groups is 1. The molecular weight excluding hydrogens is 352 g/mol. The van der Waals surface area contributed by atoms with Crippen LogP contribution in [0.15, 0.2) is 36.4 Å². The summed E-state index contributed by atoms with van der Waals surface area (Å²) in [6.07, 6.45) is 2.91. The first kappa shape index (κ1) is 18.9. The van der Waals surface area contributed by atoms with E-state index in [9.17, 15) is 9.90 Å². The lowest BCUT2D eigenvalue weighted by atomic mass is 9.73. The zero-order valence-electron chi connectivity index (χ0n) is 16.6. The number of aromatic nitrogens is 1. The minimum atomic E-state index is -0.531. The Morgan fingerprint density at radius 2 is 1.96 bits per heavy atom. The van der Waals surface area contributed by atoms with Gasteiger partial charge in [0, 0.05) is 24.2 Å². The van der Waals surface area contributed by atoms with E-state index >= 15 is 0 Å². The Morgan fingerprint density at radius 1 is 1.25 bits per heavy atom. The van der Waals surface area contributed by atoms with Crippen molar-refractivity contribution in [3.05, 3.63) is 58.8 Å². The quantitative estimate of drug-likeness (QED) is 0.885. The Morgan fingerprint density at radius 3 is 2.61 bits per heavy atom. The van der Waals surface area contributed by atoms with Gasteiger partial charge in [0.1, 0.15) is 5.56 Å². The van der Waals surface area contributed by atoms with Gasteiger partial charge in [0.05, 0.1) is 12.7 Å². The highest BCUT2D eigenvalue weighted by Crippen LogP contribution is 2.45. The number of carbonyl (C=O) groups excluding carboxylic acids is 1. The molecule has 1 atom stereocenters. The summed E-state index contributed by atoms with van der Waals surface area (Å²) < 4.78 is 5.72. The number of pyridine rings is 1. The van der Waals surface area contributed by atoms with E-state index in [-0.39, 0.29) is 11.3 Å². The second-order valence-electron chi connectivity index (χ2n) is 8.16. The van der Waals surface area contributed by atoms with Crippen molar-refractivity contribution in [3.8, 4) is 5.88 Å². The molecule has 5 nitrogen and oxygen atoms in total. The Kier molecular flexibility index (Phi) is 5.11. The first-order valence-electron chi connectivity index (χ1n) is 10.2. The summed E-state index contributed by atoms with van der Waals surface area (Å²) in [6.45, 7) is 5.44. The number of aryl methyl sites for hydroxylation is 1. The van der Waals surface area contributed by atoms with Crippen molar-refractivity contribution in [2.24, 2.45) is 5.41 Å². The molecule has 4 rings (SSSR count). The van der Waals surface area contributed by atoms with Crippen LogP contribution in [0.5, 0.6) is 5.88 Å². The van der Waals surface area contributed by atoms with Crippen LogP contribution in [0.4, 0.5) is 0 Å². The third-order valence-electron chi connectivity index (χ3n) is 6.14. The van der Waals surface area contributed by atoms with Crippen LogP contribution in [0.25, 0.3) is 0 Å². The minimum Gasteiger partial charge on any atom is -0.477 e. The molecule has 1 aromatic carbocycles. The molecule has 2 heterocycles. The van der Waals surface area contributed by atoms with E-state index < -0.39 is 6.10 Å². The normalized spacial score (nSPS) is 20.2. The number of carbonyl (C=O) groups is 1. The smallest absolute Gasteiger partial charge is 0.259 e. The summed E-state index contributed by atoms with van der Waals surface area (Å²) in [7, 11) is 0. The zero-order valence-corrected chi connectivity index (χ0v) is 16.6. The zero-order chi connectivity index (χ0) is 19.7. The number of rotatable bonds is 4. The van der Waals surface area contributed by atoms with E-state index in [1.54, 1.807) is 11.0 Å². The van der Waals surface area contributed by atoms with E-state index in [0.717, 1.165) is 31.4 Å². The number of likely N-dealkylation sites (tertiary alicyclic amines) is 1. The van der Waals surface area contributed by atoms with Crippen LogP contribution in [0.3, 0.4) is 0 Å². The van der Waals surface area contributed by atoms with Gasteiger partial charge in [-0.15, -0.1) is 0 Å². The molecule has 0 bridgehead atoms. The number of fused-ring (bicyclic) bond motifs is 1. The lowest BCUT2D eigenvalue weighted by molar-refractivity contribution is -0.0334. The number of benzene rings is 1. The fraction of sp³-hybridized carbons (Fsp3) is 0.478. The highest BCUT2D eigenvalue weighted by molar-refractivity contribution is 5.96. The van der Waals surface area contributed by atoms with Crippen LogP contribution in [-0.4, -0.2) is 46.7 Å². The van der Waals surface area contributed by atoms with Gasteiger partial charge in [0.25, 0.3) is 5.91 Å². The molecule has 1 saturated heterocycles. The highest BCUT2D eigenvalue weighted by Gasteiger charge is 2.47. The molecule has 2 aliphatic rings. The molecule has 1 amide bonds. The van der Waals surface area contributed by atoms with Crippen LogP contribution >= 0.6 is 0 Å². The van der Waals surface area contributed by atoms with Crippen LogP contribution in [-0.2, 0) is 12.8 Å². The summed E-state index contributed by atoms with van der Waals surface area (Å²) in [6, 6.07) is 12.1. The fourth-order valence-electron chi connectivity index (χ4n) is 4.51. The predicted octanol–water partition coefficient (Wildman–Crippen LogP) is 3.17. The highest BCUT2D eigenvalue weighted by atomic mass is 16.5. The lowest BCUT2D eigenvalue weighted by Gasteiger charge is -2.43. The van der Waals surface area contributed by atoms with Gasteiger partial charge in [-0.1, -0.05) is 31.2 Å². The first-order valence-corrected chi connectivity index (χ1v) is 10.2. The molecule has 1 N–H and O–H groups in total. The number of ether oxygens (including phenoxy) is 1. The molecule has 1 aromatic heterocycles. The Hall–Kier alpha value is -2.40. The average Bonchev–Trinajstić information content (AvgIpc) is 3.07. The van der Waals surface area contributed by atoms with E-state index in [4.69, 9.17) is 4.74 Å². The van der Waals surface area contributed by atoms with Gasteiger partial charge < -0.3 is 14.7 Å². The van der Waals surface area contributed by atoms with Gasteiger partial charge >= 0.3 is 0 Å². The van der Waals surface area contributed by atoms with Gasteiger partial charge in [-0.3, -0.25) is 4.79 Å².